The molecule has 5 nitrogen and oxygen atoms in total. The molecule has 5 rings (SSSR count). The molecule has 0 radical (unpaired) electrons. The number of alkyl halides is 3. The highest BCUT2D eigenvalue weighted by Crippen LogP contribution is 2.41. The van der Waals surface area contributed by atoms with Crippen molar-refractivity contribution >= 4 is 16.6 Å². The van der Waals surface area contributed by atoms with E-state index in [4.69, 9.17) is 0 Å². The number of aromatic amines is 1. The highest BCUT2D eigenvalue weighted by molar-refractivity contribution is 5.96. The maximum Gasteiger partial charge on any atom is 0.416 e. The standard InChI is InChI=1S/C21H18F3N5/c1-11-27-28-19-20(2,3)26-16-5-4-12(8-18(16)29(11)19)15-9-13(21(22,23)24)10-17-14(15)6-7-25-17/h4-10,25-26H,1-3H3. The number of benzene rings is 2. The first kappa shape index (κ1) is 17.8. The van der Waals surface area contributed by atoms with E-state index in [9.17, 15) is 13.2 Å². The maximum atomic E-state index is 13.4. The van der Waals surface area contributed by atoms with Crippen molar-refractivity contribution in [3.63, 3.8) is 0 Å². The molecule has 2 aromatic carbocycles. The molecule has 1 aliphatic heterocycles. The minimum absolute atomic E-state index is 0.417. The monoisotopic (exact) mass is 397 g/mol. The van der Waals surface area contributed by atoms with Crippen molar-refractivity contribution in [1.82, 2.24) is 19.7 Å². The number of nitrogens with zero attached hydrogens (tertiary/aromatic N) is 3. The van der Waals surface area contributed by atoms with Gasteiger partial charge in [-0.05, 0) is 62.2 Å². The molecule has 8 heteroatoms. The van der Waals surface area contributed by atoms with Gasteiger partial charge >= 0.3 is 6.18 Å². The van der Waals surface area contributed by atoms with E-state index >= 15 is 0 Å². The van der Waals surface area contributed by atoms with Crippen LogP contribution in [0, 0.1) is 6.92 Å². The second kappa shape index (κ2) is 5.62. The summed E-state index contributed by atoms with van der Waals surface area (Å²) in [7, 11) is 0. The summed E-state index contributed by atoms with van der Waals surface area (Å²) in [6.07, 6.45) is -2.77. The molecule has 2 N–H and O–H groups in total. The molecule has 0 saturated heterocycles. The first-order chi connectivity index (χ1) is 13.6. The van der Waals surface area contributed by atoms with Crippen molar-refractivity contribution in [3.8, 4) is 16.8 Å². The molecule has 3 heterocycles. The number of hydrogen-bond acceptors (Lipinski definition) is 3. The molecular formula is C21H18F3N5. The molecule has 0 bridgehead atoms. The SMILES string of the molecule is Cc1nnc2n1-c1cc(-c3cc(C(F)(F)F)cc4[nH]ccc34)ccc1NC2(C)C. The third-order valence-electron chi connectivity index (χ3n) is 5.38. The van der Waals surface area contributed by atoms with Crippen LogP contribution in [0.25, 0.3) is 27.7 Å². The van der Waals surface area contributed by atoms with Crippen LogP contribution in [0.5, 0.6) is 0 Å². The Kier molecular flexibility index (Phi) is 3.45. The van der Waals surface area contributed by atoms with Gasteiger partial charge in [-0.2, -0.15) is 13.2 Å². The zero-order chi connectivity index (χ0) is 20.6. The lowest BCUT2D eigenvalue weighted by Gasteiger charge is -2.34. The van der Waals surface area contributed by atoms with Crippen LogP contribution < -0.4 is 5.32 Å². The topological polar surface area (TPSA) is 58.5 Å². The van der Waals surface area contributed by atoms with E-state index in [2.05, 4.69) is 20.5 Å². The predicted molar refractivity (Wildman–Crippen MR) is 105 cm³/mol. The Balaban J connectivity index is 1.76. The lowest BCUT2D eigenvalue weighted by Crippen LogP contribution is -2.35. The molecule has 0 aliphatic carbocycles. The van der Waals surface area contributed by atoms with Crippen molar-refractivity contribution in [3.05, 3.63) is 59.8 Å². The van der Waals surface area contributed by atoms with Crippen LogP contribution in [0.15, 0.2) is 42.6 Å². The molecule has 0 fully saturated rings. The summed E-state index contributed by atoms with van der Waals surface area (Å²) in [5.74, 6) is 1.49. The molecule has 29 heavy (non-hydrogen) atoms. The number of fused-ring (bicyclic) bond motifs is 4. The first-order valence-corrected chi connectivity index (χ1v) is 9.19. The summed E-state index contributed by atoms with van der Waals surface area (Å²) < 4.78 is 42.3. The van der Waals surface area contributed by atoms with Gasteiger partial charge in [0.05, 0.1) is 22.5 Å². The molecule has 148 valence electrons. The molecule has 0 amide bonds. The van der Waals surface area contributed by atoms with E-state index in [0.29, 0.717) is 16.6 Å². The summed E-state index contributed by atoms with van der Waals surface area (Å²) in [5, 5.41) is 12.7. The summed E-state index contributed by atoms with van der Waals surface area (Å²) in [6, 6.07) is 9.77. The normalized spacial score (nSPS) is 15.1. The van der Waals surface area contributed by atoms with Crippen molar-refractivity contribution in [2.75, 3.05) is 5.32 Å². The van der Waals surface area contributed by atoms with Crippen molar-refractivity contribution in [2.24, 2.45) is 0 Å². The summed E-state index contributed by atoms with van der Waals surface area (Å²) in [4.78, 5) is 2.90. The van der Waals surface area contributed by atoms with Gasteiger partial charge < -0.3 is 10.3 Å². The van der Waals surface area contributed by atoms with E-state index in [1.165, 1.54) is 6.07 Å². The number of halogens is 3. The second-order valence-corrected chi connectivity index (χ2v) is 7.85. The molecule has 2 aromatic heterocycles. The number of anilines is 1. The quantitative estimate of drug-likeness (QED) is 0.452. The minimum atomic E-state index is -4.42. The number of H-pyrrole nitrogens is 1. The number of aryl methyl sites for hydroxylation is 1. The summed E-state index contributed by atoms with van der Waals surface area (Å²) >= 11 is 0. The number of aromatic nitrogens is 4. The fourth-order valence-electron chi connectivity index (χ4n) is 4.01. The van der Waals surface area contributed by atoms with Gasteiger partial charge in [0.15, 0.2) is 5.82 Å². The summed E-state index contributed by atoms with van der Waals surface area (Å²) in [6.45, 7) is 5.89. The van der Waals surface area contributed by atoms with Crippen LogP contribution in [0.1, 0.15) is 31.1 Å². The highest BCUT2D eigenvalue weighted by Gasteiger charge is 2.35. The zero-order valence-corrected chi connectivity index (χ0v) is 16.0. The lowest BCUT2D eigenvalue weighted by molar-refractivity contribution is -0.137. The Bertz CT molecular complexity index is 1260. The summed E-state index contributed by atoms with van der Waals surface area (Å²) in [5.41, 5.74) is 2.27. The van der Waals surface area contributed by atoms with Crippen LogP contribution in [0.3, 0.4) is 0 Å². The first-order valence-electron chi connectivity index (χ1n) is 9.19. The second-order valence-electron chi connectivity index (χ2n) is 7.85. The van der Waals surface area contributed by atoms with Gasteiger partial charge in [-0.15, -0.1) is 10.2 Å². The van der Waals surface area contributed by atoms with Crippen molar-refractivity contribution < 1.29 is 13.2 Å². The van der Waals surface area contributed by atoms with E-state index in [1.54, 1.807) is 12.3 Å². The van der Waals surface area contributed by atoms with Gasteiger partial charge in [0.1, 0.15) is 5.82 Å². The maximum absolute atomic E-state index is 13.4. The Labute approximate surface area is 164 Å². The fraction of sp³-hybridized carbons (Fsp3) is 0.238. The van der Waals surface area contributed by atoms with E-state index in [0.717, 1.165) is 34.5 Å². The molecule has 0 saturated carbocycles. The molecule has 4 aromatic rings. The van der Waals surface area contributed by atoms with E-state index < -0.39 is 17.3 Å². The Hall–Kier alpha value is -3.29. The molecule has 0 spiro atoms. The van der Waals surface area contributed by atoms with Crippen LogP contribution in [-0.4, -0.2) is 19.7 Å². The smallest absolute Gasteiger partial charge is 0.371 e. The van der Waals surface area contributed by atoms with Gasteiger partial charge in [-0.3, -0.25) is 4.57 Å². The van der Waals surface area contributed by atoms with Crippen molar-refractivity contribution in [2.45, 2.75) is 32.5 Å². The average Bonchev–Trinajstić information content (AvgIpc) is 3.27. The van der Waals surface area contributed by atoms with E-state index in [-0.39, 0.29) is 0 Å². The molecule has 0 unspecified atom stereocenters. The van der Waals surface area contributed by atoms with Gasteiger partial charge in [0, 0.05) is 17.1 Å². The lowest BCUT2D eigenvalue weighted by atomic mass is 9.95. The average molecular weight is 397 g/mol. The van der Waals surface area contributed by atoms with Gasteiger partial charge in [0.25, 0.3) is 0 Å². The van der Waals surface area contributed by atoms with Crippen molar-refractivity contribution in [1.29, 1.82) is 0 Å². The van der Waals surface area contributed by atoms with Crippen LogP contribution in [0.4, 0.5) is 18.9 Å². The Morgan fingerprint density at radius 3 is 2.59 bits per heavy atom. The number of hydrogen-bond donors (Lipinski definition) is 2. The third-order valence-corrected chi connectivity index (χ3v) is 5.38. The van der Waals surface area contributed by atoms with Gasteiger partial charge in [0.2, 0.25) is 0 Å². The number of nitrogens with one attached hydrogen (secondary N) is 2. The minimum Gasteiger partial charge on any atom is -0.371 e. The largest absolute Gasteiger partial charge is 0.416 e. The number of rotatable bonds is 1. The van der Waals surface area contributed by atoms with Crippen LogP contribution in [0.2, 0.25) is 0 Å². The highest BCUT2D eigenvalue weighted by atomic mass is 19.4. The van der Waals surface area contributed by atoms with Crippen LogP contribution in [-0.2, 0) is 11.7 Å². The zero-order valence-electron chi connectivity index (χ0n) is 16.0. The molecular weight excluding hydrogens is 379 g/mol. The van der Waals surface area contributed by atoms with Gasteiger partial charge in [-0.25, -0.2) is 0 Å². The van der Waals surface area contributed by atoms with E-state index in [1.807, 2.05) is 43.5 Å². The predicted octanol–water partition coefficient (Wildman–Crippen LogP) is 5.40. The molecule has 0 atom stereocenters. The fourth-order valence-corrected chi connectivity index (χ4v) is 4.01. The molecule has 1 aliphatic rings. The van der Waals surface area contributed by atoms with Crippen LogP contribution >= 0.6 is 0 Å². The third kappa shape index (κ3) is 2.62. The Morgan fingerprint density at radius 2 is 1.83 bits per heavy atom. The Morgan fingerprint density at radius 1 is 1.03 bits per heavy atom. The van der Waals surface area contributed by atoms with Gasteiger partial charge in [-0.1, -0.05) is 6.07 Å².